The van der Waals surface area contributed by atoms with E-state index in [1.165, 1.54) is 0 Å². The molecule has 0 aliphatic heterocycles. The molecule has 6 heteroatoms. The van der Waals surface area contributed by atoms with Crippen LogP contribution in [0.3, 0.4) is 0 Å². The minimum Gasteiger partial charge on any atom is -0.360 e. The SMILES string of the molecule is Cc1onc(-c2ccccc2)c1C(=O)Nc1ccc(F)cc1F. The van der Waals surface area contributed by atoms with Crippen molar-refractivity contribution in [3.63, 3.8) is 0 Å². The van der Waals surface area contributed by atoms with Crippen LogP contribution in [0.25, 0.3) is 11.3 Å². The molecule has 3 rings (SSSR count). The standard InChI is InChI=1S/C17H12F2N2O2/c1-10-15(16(21-23-10)11-5-3-2-4-6-11)17(22)20-14-8-7-12(18)9-13(14)19/h2-9H,1H3,(H,20,22). The van der Waals surface area contributed by atoms with Crippen molar-refractivity contribution in [2.75, 3.05) is 5.32 Å². The van der Waals surface area contributed by atoms with Crippen LogP contribution in [0.4, 0.5) is 14.5 Å². The second-order valence-electron chi connectivity index (χ2n) is 4.91. The highest BCUT2D eigenvalue weighted by Crippen LogP contribution is 2.26. The van der Waals surface area contributed by atoms with Crippen LogP contribution in [0.2, 0.25) is 0 Å². The summed E-state index contributed by atoms with van der Waals surface area (Å²) in [4.78, 5) is 12.5. The molecule has 1 N–H and O–H groups in total. The largest absolute Gasteiger partial charge is 0.360 e. The summed E-state index contributed by atoms with van der Waals surface area (Å²) < 4.78 is 31.7. The summed E-state index contributed by atoms with van der Waals surface area (Å²) in [5.41, 5.74) is 1.16. The first-order valence-electron chi connectivity index (χ1n) is 6.84. The molecule has 116 valence electrons. The lowest BCUT2D eigenvalue weighted by molar-refractivity contribution is 0.102. The Morgan fingerprint density at radius 3 is 2.57 bits per heavy atom. The zero-order chi connectivity index (χ0) is 16.4. The van der Waals surface area contributed by atoms with Crippen molar-refractivity contribution in [3.8, 4) is 11.3 Å². The third-order valence-electron chi connectivity index (χ3n) is 3.32. The van der Waals surface area contributed by atoms with Gasteiger partial charge in [0.2, 0.25) is 0 Å². The molecule has 1 amide bonds. The summed E-state index contributed by atoms with van der Waals surface area (Å²) in [6.07, 6.45) is 0. The lowest BCUT2D eigenvalue weighted by Gasteiger charge is -2.07. The van der Waals surface area contributed by atoms with Gasteiger partial charge in [0.1, 0.15) is 28.7 Å². The summed E-state index contributed by atoms with van der Waals surface area (Å²) in [5.74, 6) is -1.84. The van der Waals surface area contributed by atoms with Gasteiger partial charge >= 0.3 is 0 Å². The second-order valence-corrected chi connectivity index (χ2v) is 4.91. The summed E-state index contributed by atoms with van der Waals surface area (Å²) in [5, 5.41) is 6.31. The number of carbonyl (C=O) groups excluding carboxylic acids is 1. The quantitative estimate of drug-likeness (QED) is 0.789. The molecule has 0 saturated heterocycles. The zero-order valence-corrected chi connectivity index (χ0v) is 12.1. The molecule has 0 bridgehead atoms. The van der Waals surface area contributed by atoms with Gasteiger partial charge in [0.25, 0.3) is 5.91 Å². The minimum absolute atomic E-state index is 0.115. The van der Waals surface area contributed by atoms with E-state index in [-0.39, 0.29) is 11.3 Å². The average molecular weight is 314 g/mol. The molecule has 0 aliphatic carbocycles. The van der Waals surface area contributed by atoms with Crippen molar-refractivity contribution in [3.05, 3.63) is 71.5 Å². The van der Waals surface area contributed by atoms with Crippen molar-refractivity contribution in [2.45, 2.75) is 6.92 Å². The van der Waals surface area contributed by atoms with Crippen molar-refractivity contribution in [1.82, 2.24) is 5.16 Å². The van der Waals surface area contributed by atoms with Gasteiger partial charge in [-0.15, -0.1) is 0 Å². The Labute approximate surface area is 130 Å². The highest BCUT2D eigenvalue weighted by molar-refractivity contribution is 6.08. The van der Waals surface area contributed by atoms with Gasteiger partial charge in [-0.1, -0.05) is 35.5 Å². The predicted octanol–water partition coefficient (Wildman–Crippen LogP) is 4.18. The molecule has 2 aromatic carbocycles. The van der Waals surface area contributed by atoms with Crippen LogP contribution < -0.4 is 5.32 Å². The average Bonchev–Trinajstić information content (AvgIpc) is 2.93. The molecular weight excluding hydrogens is 302 g/mol. The number of benzene rings is 2. The van der Waals surface area contributed by atoms with Crippen molar-refractivity contribution in [2.24, 2.45) is 0 Å². The van der Waals surface area contributed by atoms with Crippen LogP contribution >= 0.6 is 0 Å². The predicted molar refractivity (Wildman–Crippen MR) is 81.0 cm³/mol. The Kier molecular flexibility index (Phi) is 3.89. The number of amides is 1. The summed E-state index contributed by atoms with van der Waals surface area (Å²) in [7, 11) is 0. The fourth-order valence-electron chi connectivity index (χ4n) is 2.21. The number of anilines is 1. The number of nitrogens with zero attached hydrogens (tertiary/aromatic N) is 1. The topological polar surface area (TPSA) is 55.1 Å². The Morgan fingerprint density at radius 1 is 1.13 bits per heavy atom. The third kappa shape index (κ3) is 2.96. The highest BCUT2D eigenvalue weighted by atomic mass is 19.1. The van der Waals surface area contributed by atoms with E-state index in [0.717, 1.165) is 12.1 Å². The number of nitrogens with one attached hydrogen (secondary N) is 1. The van der Waals surface area contributed by atoms with E-state index in [9.17, 15) is 13.6 Å². The molecule has 0 spiro atoms. The van der Waals surface area contributed by atoms with Gasteiger partial charge in [-0.25, -0.2) is 8.78 Å². The molecule has 0 atom stereocenters. The Bertz CT molecular complexity index is 860. The molecular formula is C17H12F2N2O2. The van der Waals surface area contributed by atoms with Crippen LogP contribution in [-0.4, -0.2) is 11.1 Å². The smallest absolute Gasteiger partial charge is 0.261 e. The van der Waals surface area contributed by atoms with Gasteiger partial charge in [-0.3, -0.25) is 4.79 Å². The van der Waals surface area contributed by atoms with Gasteiger partial charge in [-0.05, 0) is 19.1 Å². The molecule has 23 heavy (non-hydrogen) atoms. The van der Waals surface area contributed by atoms with Crippen LogP contribution in [0.5, 0.6) is 0 Å². The van der Waals surface area contributed by atoms with Crippen molar-refractivity contribution < 1.29 is 18.1 Å². The highest BCUT2D eigenvalue weighted by Gasteiger charge is 2.22. The fraction of sp³-hybridized carbons (Fsp3) is 0.0588. The maximum atomic E-state index is 13.7. The molecule has 0 unspecified atom stereocenters. The van der Waals surface area contributed by atoms with Gasteiger partial charge in [0.15, 0.2) is 0 Å². The fourth-order valence-corrected chi connectivity index (χ4v) is 2.21. The molecule has 1 heterocycles. The number of hydrogen-bond acceptors (Lipinski definition) is 3. The maximum absolute atomic E-state index is 13.7. The summed E-state index contributed by atoms with van der Waals surface area (Å²) in [6, 6.07) is 11.9. The number of hydrogen-bond donors (Lipinski definition) is 1. The minimum atomic E-state index is -0.853. The van der Waals surface area contributed by atoms with E-state index >= 15 is 0 Å². The Hall–Kier alpha value is -3.02. The number of rotatable bonds is 3. The monoisotopic (exact) mass is 314 g/mol. The second kappa shape index (κ2) is 6.00. The summed E-state index contributed by atoms with van der Waals surface area (Å²) in [6.45, 7) is 1.59. The number of carbonyl (C=O) groups is 1. The molecule has 3 aromatic rings. The maximum Gasteiger partial charge on any atom is 0.261 e. The first-order valence-corrected chi connectivity index (χ1v) is 6.84. The van der Waals surface area contributed by atoms with E-state index in [1.54, 1.807) is 31.2 Å². The van der Waals surface area contributed by atoms with Crippen LogP contribution in [0.1, 0.15) is 16.1 Å². The van der Waals surface area contributed by atoms with E-state index in [0.29, 0.717) is 23.1 Å². The first kappa shape index (κ1) is 14.9. The van der Waals surface area contributed by atoms with E-state index in [2.05, 4.69) is 10.5 Å². The number of aryl methyl sites for hydroxylation is 1. The number of halogens is 2. The van der Waals surface area contributed by atoms with Crippen LogP contribution in [0, 0.1) is 18.6 Å². The van der Waals surface area contributed by atoms with E-state index in [1.807, 2.05) is 6.07 Å². The zero-order valence-electron chi connectivity index (χ0n) is 12.1. The van der Waals surface area contributed by atoms with Crippen LogP contribution in [-0.2, 0) is 0 Å². The van der Waals surface area contributed by atoms with Crippen molar-refractivity contribution >= 4 is 11.6 Å². The molecule has 0 fully saturated rings. The van der Waals surface area contributed by atoms with Gasteiger partial charge in [-0.2, -0.15) is 0 Å². The van der Waals surface area contributed by atoms with Gasteiger partial charge < -0.3 is 9.84 Å². The third-order valence-corrected chi connectivity index (χ3v) is 3.32. The molecule has 0 aliphatic rings. The van der Waals surface area contributed by atoms with Crippen LogP contribution in [0.15, 0.2) is 53.1 Å². The van der Waals surface area contributed by atoms with Crippen molar-refractivity contribution in [1.29, 1.82) is 0 Å². The van der Waals surface area contributed by atoms with Gasteiger partial charge in [0, 0.05) is 11.6 Å². The Balaban J connectivity index is 1.96. The van der Waals surface area contributed by atoms with Gasteiger partial charge in [0.05, 0.1) is 5.69 Å². The molecule has 4 nitrogen and oxygen atoms in total. The lowest BCUT2D eigenvalue weighted by atomic mass is 10.1. The Morgan fingerprint density at radius 2 is 1.87 bits per heavy atom. The lowest BCUT2D eigenvalue weighted by Crippen LogP contribution is -2.14. The normalized spacial score (nSPS) is 10.6. The molecule has 0 radical (unpaired) electrons. The molecule has 0 saturated carbocycles. The summed E-state index contributed by atoms with van der Waals surface area (Å²) >= 11 is 0. The van der Waals surface area contributed by atoms with E-state index < -0.39 is 17.5 Å². The number of aromatic nitrogens is 1. The first-order chi connectivity index (χ1) is 11.1. The molecule has 1 aromatic heterocycles. The van der Waals surface area contributed by atoms with E-state index in [4.69, 9.17) is 4.52 Å².